The molecule has 0 aromatic carbocycles. The Labute approximate surface area is 111 Å². The zero-order valence-corrected chi connectivity index (χ0v) is 10.0. The van der Waals surface area contributed by atoms with E-state index >= 15 is 0 Å². The lowest BCUT2D eigenvalue weighted by Crippen LogP contribution is -2.17. The van der Waals surface area contributed by atoms with E-state index in [4.69, 9.17) is 11.6 Å². The monoisotopic (exact) mass is 289 g/mol. The molecule has 0 fully saturated rings. The van der Waals surface area contributed by atoms with Crippen LogP contribution in [0.3, 0.4) is 0 Å². The van der Waals surface area contributed by atoms with E-state index in [1.54, 1.807) is 12.1 Å². The molecule has 0 aliphatic rings. The van der Waals surface area contributed by atoms with E-state index in [-0.39, 0.29) is 0 Å². The molecule has 1 N–H and O–H groups in total. The molecule has 100 valence electrons. The van der Waals surface area contributed by atoms with E-state index in [1.807, 2.05) is 0 Å². The lowest BCUT2D eigenvalue weighted by Gasteiger charge is -2.09. The highest BCUT2D eigenvalue weighted by Gasteiger charge is 2.31. The zero-order chi connectivity index (χ0) is 13.9. The molecule has 0 spiro atoms. The number of hydrogen-bond donors (Lipinski definition) is 1. The van der Waals surface area contributed by atoms with Crippen LogP contribution in [0.15, 0.2) is 36.7 Å². The summed E-state index contributed by atoms with van der Waals surface area (Å²) in [6.45, 7) is 0. The SMILES string of the molecule is FC(F)(F)Oc1ccc(Nc2ncccc2Cl)cn1. The topological polar surface area (TPSA) is 47.0 Å². The van der Waals surface area contributed by atoms with Crippen molar-refractivity contribution in [2.75, 3.05) is 5.32 Å². The van der Waals surface area contributed by atoms with E-state index in [9.17, 15) is 13.2 Å². The summed E-state index contributed by atoms with van der Waals surface area (Å²) in [4.78, 5) is 7.49. The Balaban J connectivity index is 2.09. The average molecular weight is 290 g/mol. The molecular formula is C11H7ClF3N3O. The molecular weight excluding hydrogens is 283 g/mol. The molecule has 0 saturated carbocycles. The van der Waals surface area contributed by atoms with Crippen LogP contribution in [0.2, 0.25) is 5.02 Å². The van der Waals surface area contributed by atoms with Crippen molar-refractivity contribution in [2.24, 2.45) is 0 Å². The molecule has 2 aromatic rings. The minimum absolute atomic E-state index is 0.385. The van der Waals surface area contributed by atoms with Crippen molar-refractivity contribution < 1.29 is 17.9 Å². The standard InChI is InChI=1S/C11H7ClF3N3O/c12-8-2-1-5-16-10(8)18-7-3-4-9(17-6-7)19-11(13,14)15/h1-6H,(H,16,18). The maximum atomic E-state index is 11.9. The molecule has 0 bridgehead atoms. The molecule has 8 heteroatoms. The number of ether oxygens (including phenoxy) is 1. The van der Waals surface area contributed by atoms with E-state index in [1.165, 1.54) is 18.5 Å². The van der Waals surface area contributed by atoms with Gasteiger partial charge in [0.15, 0.2) is 0 Å². The Morgan fingerprint density at radius 2 is 1.95 bits per heavy atom. The van der Waals surface area contributed by atoms with Crippen molar-refractivity contribution >= 4 is 23.1 Å². The molecule has 0 amide bonds. The summed E-state index contributed by atoms with van der Waals surface area (Å²) in [5, 5.41) is 3.21. The van der Waals surface area contributed by atoms with Crippen LogP contribution in [-0.4, -0.2) is 16.3 Å². The molecule has 0 saturated heterocycles. The summed E-state index contributed by atoms with van der Waals surface area (Å²) in [6.07, 6.45) is -2.04. The van der Waals surface area contributed by atoms with Gasteiger partial charge in [-0.3, -0.25) is 0 Å². The first kappa shape index (κ1) is 13.4. The summed E-state index contributed by atoms with van der Waals surface area (Å²) < 4.78 is 39.5. The second kappa shape index (κ2) is 5.31. The first-order valence-electron chi connectivity index (χ1n) is 5.03. The van der Waals surface area contributed by atoms with Gasteiger partial charge in [-0.1, -0.05) is 11.6 Å². The number of anilines is 2. The maximum Gasteiger partial charge on any atom is 0.574 e. The fourth-order valence-electron chi connectivity index (χ4n) is 1.25. The van der Waals surface area contributed by atoms with Gasteiger partial charge >= 0.3 is 6.36 Å². The summed E-state index contributed by atoms with van der Waals surface area (Å²) in [7, 11) is 0. The fraction of sp³-hybridized carbons (Fsp3) is 0.0909. The number of pyridine rings is 2. The van der Waals surface area contributed by atoms with Gasteiger partial charge in [0.25, 0.3) is 0 Å². The Morgan fingerprint density at radius 1 is 1.16 bits per heavy atom. The molecule has 0 unspecified atom stereocenters. The molecule has 4 nitrogen and oxygen atoms in total. The van der Waals surface area contributed by atoms with Crippen molar-refractivity contribution in [1.29, 1.82) is 0 Å². The summed E-state index contributed by atoms with van der Waals surface area (Å²) in [6, 6.07) is 5.75. The molecule has 0 atom stereocenters. The van der Waals surface area contributed by atoms with Crippen LogP contribution >= 0.6 is 11.6 Å². The van der Waals surface area contributed by atoms with Crippen LogP contribution in [0.25, 0.3) is 0 Å². The van der Waals surface area contributed by atoms with Gasteiger partial charge in [0.2, 0.25) is 5.88 Å². The van der Waals surface area contributed by atoms with E-state index in [0.29, 0.717) is 16.5 Å². The van der Waals surface area contributed by atoms with E-state index in [0.717, 1.165) is 6.07 Å². The highest BCUT2D eigenvalue weighted by Crippen LogP contribution is 2.24. The molecule has 2 heterocycles. The Hall–Kier alpha value is -2.02. The van der Waals surface area contributed by atoms with Crippen LogP contribution in [0.4, 0.5) is 24.7 Å². The van der Waals surface area contributed by atoms with Gasteiger partial charge in [-0.15, -0.1) is 13.2 Å². The number of nitrogens with zero attached hydrogens (tertiary/aromatic N) is 2. The maximum absolute atomic E-state index is 11.9. The number of alkyl halides is 3. The number of halogens is 4. The van der Waals surface area contributed by atoms with Crippen molar-refractivity contribution in [2.45, 2.75) is 6.36 Å². The van der Waals surface area contributed by atoms with Gasteiger partial charge in [-0.2, -0.15) is 0 Å². The van der Waals surface area contributed by atoms with Gasteiger partial charge < -0.3 is 10.1 Å². The predicted molar refractivity (Wildman–Crippen MR) is 63.4 cm³/mol. The minimum atomic E-state index is -4.76. The first-order chi connectivity index (χ1) is 8.94. The largest absolute Gasteiger partial charge is 0.574 e. The van der Waals surface area contributed by atoms with Crippen molar-refractivity contribution in [3.63, 3.8) is 0 Å². The van der Waals surface area contributed by atoms with Gasteiger partial charge in [0, 0.05) is 12.3 Å². The number of aromatic nitrogens is 2. The van der Waals surface area contributed by atoms with Gasteiger partial charge in [0.1, 0.15) is 5.82 Å². The normalized spacial score (nSPS) is 11.2. The molecule has 0 aliphatic carbocycles. The molecule has 0 radical (unpaired) electrons. The molecule has 19 heavy (non-hydrogen) atoms. The van der Waals surface area contributed by atoms with Gasteiger partial charge in [-0.05, 0) is 18.2 Å². The van der Waals surface area contributed by atoms with Gasteiger partial charge in [0.05, 0.1) is 16.9 Å². The minimum Gasteiger partial charge on any atom is -0.388 e. The third-order valence-electron chi connectivity index (χ3n) is 1.98. The third kappa shape index (κ3) is 3.99. The Kier molecular flexibility index (Phi) is 3.75. The Morgan fingerprint density at radius 3 is 2.53 bits per heavy atom. The molecule has 0 aliphatic heterocycles. The smallest absolute Gasteiger partial charge is 0.388 e. The van der Waals surface area contributed by atoms with Crippen molar-refractivity contribution in [3.05, 3.63) is 41.7 Å². The van der Waals surface area contributed by atoms with Crippen molar-refractivity contribution in [3.8, 4) is 5.88 Å². The Bertz CT molecular complexity index is 560. The summed E-state index contributed by atoms with van der Waals surface area (Å²) in [5.74, 6) is -0.152. The number of rotatable bonds is 3. The van der Waals surface area contributed by atoms with Crippen LogP contribution in [0.5, 0.6) is 5.88 Å². The fourth-order valence-corrected chi connectivity index (χ4v) is 1.42. The van der Waals surface area contributed by atoms with E-state index < -0.39 is 12.2 Å². The average Bonchev–Trinajstić information content (AvgIpc) is 2.33. The highest BCUT2D eigenvalue weighted by atomic mass is 35.5. The second-order valence-corrected chi connectivity index (χ2v) is 3.80. The van der Waals surface area contributed by atoms with Crippen LogP contribution in [-0.2, 0) is 0 Å². The summed E-state index contributed by atoms with van der Waals surface area (Å²) in [5.41, 5.74) is 0.440. The number of hydrogen-bond acceptors (Lipinski definition) is 4. The van der Waals surface area contributed by atoms with Crippen molar-refractivity contribution in [1.82, 2.24) is 9.97 Å². The first-order valence-corrected chi connectivity index (χ1v) is 5.41. The molecule has 2 rings (SSSR count). The zero-order valence-electron chi connectivity index (χ0n) is 9.28. The lowest BCUT2D eigenvalue weighted by atomic mass is 10.4. The summed E-state index contributed by atoms with van der Waals surface area (Å²) >= 11 is 5.87. The lowest BCUT2D eigenvalue weighted by molar-refractivity contribution is -0.276. The van der Waals surface area contributed by atoms with E-state index in [2.05, 4.69) is 20.0 Å². The van der Waals surface area contributed by atoms with Crippen LogP contribution in [0.1, 0.15) is 0 Å². The predicted octanol–water partition coefficient (Wildman–Crippen LogP) is 3.77. The molecule has 2 aromatic heterocycles. The number of nitrogens with one attached hydrogen (secondary N) is 1. The van der Waals surface area contributed by atoms with Crippen LogP contribution in [0, 0.1) is 0 Å². The highest BCUT2D eigenvalue weighted by molar-refractivity contribution is 6.33. The quantitative estimate of drug-likeness (QED) is 0.934. The third-order valence-corrected chi connectivity index (χ3v) is 2.28. The van der Waals surface area contributed by atoms with Gasteiger partial charge in [-0.25, -0.2) is 9.97 Å². The van der Waals surface area contributed by atoms with Crippen LogP contribution < -0.4 is 10.1 Å². The second-order valence-electron chi connectivity index (χ2n) is 3.39.